The van der Waals surface area contributed by atoms with Crippen molar-refractivity contribution in [1.82, 2.24) is 0 Å². The average Bonchev–Trinajstić information content (AvgIpc) is 2.77. The van der Waals surface area contributed by atoms with Crippen molar-refractivity contribution in [3.05, 3.63) is 0 Å². The molecule has 1 rings (SSSR count). The van der Waals surface area contributed by atoms with E-state index in [4.69, 9.17) is 0 Å². The lowest BCUT2D eigenvalue weighted by Crippen LogP contribution is -1.84. The third kappa shape index (κ3) is 3.04. The predicted molar refractivity (Wildman–Crippen MR) is 46.4 cm³/mol. The molecule has 0 aliphatic heterocycles. The summed E-state index contributed by atoms with van der Waals surface area (Å²) < 4.78 is 0. The summed E-state index contributed by atoms with van der Waals surface area (Å²) in [6.07, 6.45) is 8.96. The second-order valence-electron chi connectivity index (χ2n) is 3.65. The van der Waals surface area contributed by atoms with Crippen molar-refractivity contribution in [2.45, 2.75) is 45.4 Å². The van der Waals surface area contributed by atoms with E-state index < -0.39 is 0 Å². The molecule has 1 aliphatic carbocycles. The minimum Gasteiger partial charge on any atom is -0.303 e. The van der Waals surface area contributed by atoms with E-state index >= 15 is 0 Å². The summed E-state index contributed by atoms with van der Waals surface area (Å²) in [6, 6.07) is 0. The van der Waals surface area contributed by atoms with Crippen LogP contribution in [0.15, 0.2) is 0 Å². The van der Waals surface area contributed by atoms with Gasteiger partial charge in [0.25, 0.3) is 0 Å². The lowest BCUT2D eigenvalue weighted by molar-refractivity contribution is -0.109. The van der Waals surface area contributed by atoms with E-state index in [1.165, 1.54) is 38.5 Å². The summed E-state index contributed by atoms with van der Waals surface area (Å²) >= 11 is 0. The molecule has 0 saturated heterocycles. The van der Waals surface area contributed by atoms with Gasteiger partial charge in [-0.2, -0.15) is 0 Å². The van der Waals surface area contributed by atoms with Crippen LogP contribution in [0.1, 0.15) is 45.4 Å². The Kier molecular flexibility index (Phi) is 3.61. The minimum absolute atomic E-state index is 0.441. The summed E-state index contributed by atoms with van der Waals surface area (Å²) in [5, 5.41) is 0. The molecule has 1 fully saturated rings. The van der Waals surface area contributed by atoms with Crippen molar-refractivity contribution in [2.75, 3.05) is 0 Å². The Hall–Kier alpha value is -0.330. The van der Waals surface area contributed by atoms with Gasteiger partial charge in [-0.05, 0) is 18.8 Å². The standard InChI is InChI=1S/C10H18O/c1-2-3-4-5-6-9-7-10(9)8-11/h8-10H,2-7H2,1H3. The molecule has 1 heteroatoms. The highest BCUT2D eigenvalue weighted by atomic mass is 16.1. The number of aldehydes is 1. The molecule has 0 N–H and O–H groups in total. The molecule has 0 bridgehead atoms. The number of rotatable bonds is 6. The summed E-state index contributed by atoms with van der Waals surface area (Å²) in [5.74, 6) is 1.21. The first-order chi connectivity index (χ1) is 5.38. The highest BCUT2D eigenvalue weighted by Gasteiger charge is 2.35. The van der Waals surface area contributed by atoms with Crippen LogP contribution < -0.4 is 0 Å². The highest BCUT2D eigenvalue weighted by Crippen LogP contribution is 2.40. The Morgan fingerprint density at radius 3 is 2.73 bits per heavy atom. The van der Waals surface area contributed by atoms with Crippen LogP contribution in [0.5, 0.6) is 0 Å². The fourth-order valence-electron chi connectivity index (χ4n) is 1.60. The maximum Gasteiger partial charge on any atom is 0.123 e. The van der Waals surface area contributed by atoms with Crippen molar-refractivity contribution >= 4 is 6.29 Å². The first-order valence-electron chi connectivity index (χ1n) is 4.83. The molecule has 11 heavy (non-hydrogen) atoms. The average molecular weight is 154 g/mol. The molecular weight excluding hydrogens is 136 g/mol. The quantitative estimate of drug-likeness (QED) is 0.424. The molecule has 0 radical (unpaired) electrons. The van der Waals surface area contributed by atoms with Crippen molar-refractivity contribution in [3.63, 3.8) is 0 Å². The summed E-state index contributed by atoms with van der Waals surface area (Å²) in [5.41, 5.74) is 0. The Labute approximate surface area is 69.2 Å². The Morgan fingerprint density at radius 1 is 1.36 bits per heavy atom. The van der Waals surface area contributed by atoms with Gasteiger partial charge >= 0.3 is 0 Å². The third-order valence-electron chi connectivity index (χ3n) is 2.58. The Bertz CT molecular complexity index is 120. The Morgan fingerprint density at radius 2 is 2.18 bits per heavy atom. The summed E-state index contributed by atoms with van der Waals surface area (Å²) in [4.78, 5) is 10.3. The lowest BCUT2D eigenvalue weighted by atomic mass is 10.1. The maximum absolute atomic E-state index is 10.3. The fraction of sp³-hybridized carbons (Fsp3) is 0.900. The van der Waals surface area contributed by atoms with Crippen LogP contribution >= 0.6 is 0 Å². The summed E-state index contributed by atoms with van der Waals surface area (Å²) in [7, 11) is 0. The number of carbonyl (C=O) groups is 1. The van der Waals surface area contributed by atoms with Gasteiger partial charge in [0.05, 0.1) is 0 Å². The molecule has 1 saturated carbocycles. The van der Waals surface area contributed by atoms with Crippen molar-refractivity contribution in [2.24, 2.45) is 11.8 Å². The molecule has 0 heterocycles. The van der Waals surface area contributed by atoms with Gasteiger partial charge in [0.15, 0.2) is 0 Å². The number of carbonyl (C=O) groups excluding carboxylic acids is 1. The number of unbranched alkanes of at least 4 members (excludes halogenated alkanes) is 3. The van der Waals surface area contributed by atoms with Crippen LogP contribution in [-0.2, 0) is 4.79 Å². The highest BCUT2D eigenvalue weighted by molar-refractivity contribution is 5.58. The first-order valence-corrected chi connectivity index (χ1v) is 4.83. The van der Waals surface area contributed by atoms with Gasteiger partial charge in [-0.1, -0.05) is 32.6 Å². The SMILES string of the molecule is CCCCCCC1CC1C=O. The monoisotopic (exact) mass is 154 g/mol. The van der Waals surface area contributed by atoms with Crippen LogP contribution in [0.25, 0.3) is 0 Å². The van der Waals surface area contributed by atoms with Gasteiger partial charge in [-0.3, -0.25) is 0 Å². The van der Waals surface area contributed by atoms with E-state index in [1.807, 2.05) is 0 Å². The van der Waals surface area contributed by atoms with E-state index in [0.29, 0.717) is 5.92 Å². The van der Waals surface area contributed by atoms with Crippen LogP contribution in [0.3, 0.4) is 0 Å². The first kappa shape index (κ1) is 8.76. The number of hydrogen-bond acceptors (Lipinski definition) is 1. The molecule has 0 aromatic carbocycles. The molecule has 1 nitrogen and oxygen atoms in total. The molecule has 0 spiro atoms. The van der Waals surface area contributed by atoms with Gasteiger partial charge < -0.3 is 4.79 Å². The molecule has 64 valence electrons. The van der Waals surface area contributed by atoms with E-state index in [1.54, 1.807) is 0 Å². The van der Waals surface area contributed by atoms with Gasteiger partial charge in [0, 0.05) is 5.92 Å². The predicted octanol–water partition coefficient (Wildman–Crippen LogP) is 2.79. The Balaban J connectivity index is 1.85. The van der Waals surface area contributed by atoms with Crippen molar-refractivity contribution in [3.8, 4) is 0 Å². The topological polar surface area (TPSA) is 17.1 Å². The summed E-state index contributed by atoms with van der Waals surface area (Å²) in [6.45, 7) is 2.23. The van der Waals surface area contributed by atoms with E-state index in [0.717, 1.165) is 12.2 Å². The fourth-order valence-corrected chi connectivity index (χ4v) is 1.60. The largest absolute Gasteiger partial charge is 0.303 e. The van der Waals surface area contributed by atoms with Crippen molar-refractivity contribution < 1.29 is 4.79 Å². The molecule has 2 unspecified atom stereocenters. The smallest absolute Gasteiger partial charge is 0.123 e. The van der Waals surface area contributed by atoms with Gasteiger partial charge in [-0.15, -0.1) is 0 Å². The van der Waals surface area contributed by atoms with Crippen LogP contribution in [0.2, 0.25) is 0 Å². The van der Waals surface area contributed by atoms with Crippen LogP contribution in [0, 0.1) is 11.8 Å². The molecule has 2 atom stereocenters. The van der Waals surface area contributed by atoms with E-state index in [9.17, 15) is 4.79 Å². The molecular formula is C10H18O. The van der Waals surface area contributed by atoms with Gasteiger partial charge in [0.2, 0.25) is 0 Å². The van der Waals surface area contributed by atoms with E-state index in [-0.39, 0.29) is 0 Å². The van der Waals surface area contributed by atoms with Crippen LogP contribution in [0.4, 0.5) is 0 Å². The van der Waals surface area contributed by atoms with Gasteiger partial charge in [0.1, 0.15) is 6.29 Å². The van der Waals surface area contributed by atoms with Crippen molar-refractivity contribution in [1.29, 1.82) is 0 Å². The third-order valence-corrected chi connectivity index (χ3v) is 2.58. The second kappa shape index (κ2) is 4.53. The molecule has 0 amide bonds. The zero-order chi connectivity index (χ0) is 8.10. The second-order valence-corrected chi connectivity index (χ2v) is 3.65. The van der Waals surface area contributed by atoms with Crippen LogP contribution in [-0.4, -0.2) is 6.29 Å². The zero-order valence-corrected chi connectivity index (χ0v) is 7.38. The zero-order valence-electron chi connectivity index (χ0n) is 7.38. The molecule has 1 aliphatic rings. The normalized spacial score (nSPS) is 28.5. The molecule has 0 aromatic rings. The molecule has 0 aromatic heterocycles. The maximum atomic E-state index is 10.3. The number of hydrogen-bond donors (Lipinski definition) is 0. The lowest BCUT2D eigenvalue weighted by Gasteiger charge is -1.96. The van der Waals surface area contributed by atoms with E-state index in [2.05, 4.69) is 6.92 Å². The van der Waals surface area contributed by atoms with Gasteiger partial charge in [-0.25, -0.2) is 0 Å². The minimum atomic E-state index is 0.441.